The molecule has 2 aromatic carbocycles. The molecule has 0 aromatic heterocycles. The molecule has 2 aromatic rings. The summed E-state index contributed by atoms with van der Waals surface area (Å²) in [7, 11) is 0. The summed E-state index contributed by atoms with van der Waals surface area (Å²) in [4.78, 5) is 42.8. The highest BCUT2D eigenvalue weighted by Gasteiger charge is 2.38. The molecule has 0 saturated heterocycles. The van der Waals surface area contributed by atoms with Gasteiger partial charge in [-0.25, -0.2) is 4.79 Å². The summed E-state index contributed by atoms with van der Waals surface area (Å²) in [5, 5.41) is 6.23. The SMILES string of the molecule is CCCCCCN(C(=O)C(NC(=O)OC(C)(C)C)C(C)CC)C(C(=O)Nc1c(C)cccc1Cl)c1ccccc1. The fourth-order valence-corrected chi connectivity index (χ4v) is 4.73. The van der Waals surface area contributed by atoms with Crippen LogP contribution in [0.5, 0.6) is 0 Å². The first-order chi connectivity index (χ1) is 18.9. The van der Waals surface area contributed by atoms with Gasteiger partial charge in [0.1, 0.15) is 17.7 Å². The molecule has 2 rings (SSSR count). The van der Waals surface area contributed by atoms with Crippen LogP contribution in [0.25, 0.3) is 0 Å². The Morgan fingerprint density at radius 2 is 1.65 bits per heavy atom. The van der Waals surface area contributed by atoms with Crippen LogP contribution in [0.15, 0.2) is 48.5 Å². The summed E-state index contributed by atoms with van der Waals surface area (Å²) < 4.78 is 5.49. The maximum Gasteiger partial charge on any atom is 0.408 e. The van der Waals surface area contributed by atoms with Crippen LogP contribution in [0.4, 0.5) is 10.5 Å². The quantitative estimate of drug-likeness (QED) is 0.241. The van der Waals surface area contributed by atoms with Gasteiger partial charge in [-0.1, -0.05) is 101 Å². The van der Waals surface area contributed by atoms with E-state index in [1.807, 2.05) is 63.2 Å². The van der Waals surface area contributed by atoms with E-state index in [4.69, 9.17) is 16.3 Å². The molecule has 220 valence electrons. The third kappa shape index (κ3) is 9.84. The molecule has 0 bridgehead atoms. The lowest BCUT2D eigenvalue weighted by Gasteiger charge is -2.36. The van der Waals surface area contributed by atoms with Gasteiger partial charge in [0.25, 0.3) is 5.91 Å². The Morgan fingerprint density at radius 1 is 0.975 bits per heavy atom. The maximum absolute atomic E-state index is 14.4. The predicted molar refractivity (Wildman–Crippen MR) is 162 cm³/mol. The van der Waals surface area contributed by atoms with E-state index < -0.39 is 23.8 Å². The van der Waals surface area contributed by atoms with Crippen molar-refractivity contribution in [3.8, 4) is 0 Å². The van der Waals surface area contributed by atoms with Gasteiger partial charge in [-0.05, 0) is 57.2 Å². The van der Waals surface area contributed by atoms with Gasteiger partial charge in [-0.15, -0.1) is 0 Å². The number of anilines is 1. The average molecular weight is 572 g/mol. The van der Waals surface area contributed by atoms with Crippen LogP contribution in [0, 0.1) is 12.8 Å². The van der Waals surface area contributed by atoms with Crippen LogP contribution in [0.2, 0.25) is 5.02 Å². The zero-order valence-corrected chi connectivity index (χ0v) is 25.8. The number of unbranched alkanes of at least 4 members (excludes halogenated alkanes) is 3. The molecule has 8 heteroatoms. The Labute approximate surface area is 245 Å². The van der Waals surface area contributed by atoms with Crippen LogP contribution in [0.3, 0.4) is 0 Å². The van der Waals surface area contributed by atoms with Crippen molar-refractivity contribution in [3.63, 3.8) is 0 Å². The number of para-hydroxylation sites is 1. The zero-order valence-electron chi connectivity index (χ0n) is 25.1. The van der Waals surface area contributed by atoms with E-state index in [0.717, 1.165) is 31.2 Å². The smallest absolute Gasteiger partial charge is 0.408 e. The third-order valence-corrected chi connectivity index (χ3v) is 7.15. The van der Waals surface area contributed by atoms with Crippen LogP contribution < -0.4 is 10.6 Å². The van der Waals surface area contributed by atoms with Crippen molar-refractivity contribution in [1.82, 2.24) is 10.2 Å². The number of rotatable bonds is 13. The minimum atomic E-state index is -0.932. The van der Waals surface area contributed by atoms with Gasteiger partial charge in [0, 0.05) is 6.54 Å². The molecule has 0 spiro atoms. The third-order valence-electron chi connectivity index (χ3n) is 6.83. The lowest BCUT2D eigenvalue weighted by molar-refractivity contribution is -0.142. The lowest BCUT2D eigenvalue weighted by atomic mass is 9.95. The van der Waals surface area contributed by atoms with Crippen LogP contribution in [-0.2, 0) is 14.3 Å². The Balaban J connectivity index is 2.55. The number of carbonyl (C=O) groups excluding carboxylic acids is 3. The van der Waals surface area contributed by atoms with Gasteiger partial charge in [-0.2, -0.15) is 0 Å². The Morgan fingerprint density at radius 3 is 2.23 bits per heavy atom. The number of carbonyl (C=O) groups is 3. The molecule has 0 saturated carbocycles. The van der Waals surface area contributed by atoms with Gasteiger partial charge in [-0.3, -0.25) is 9.59 Å². The number of hydrogen-bond donors (Lipinski definition) is 2. The molecule has 0 radical (unpaired) electrons. The van der Waals surface area contributed by atoms with Crippen molar-refractivity contribution in [1.29, 1.82) is 0 Å². The Kier molecular flexibility index (Phi) is 13.0. The normalized spacial score (nSPS) is 13.6. The van der Waals surface area contributed by atoms with Gasteiger partial charge >= 0.3 is 6.09 Å². The number of alkyl carbamates (subject to hydrolysis) is 1. The molecule has 2 N–H and O–H groups in total. The molecule has 0 heterocycles. The van der Waals surface area contributed by atoms with Gasteiger partial charge in [0.05, 0.1) is 10.7 Å². The molecule has 0 fully saturated rings. The molecule has 0 aliphatic carbocycles. The monoisotopic (exact) mass is 571 g/mol. The molecule has 7 nitrogen and oxygen atoms in total. The van der Waals surface area contributed by atoms with E-state index in [2.05, 4.69) is 17.6 Å². The number of ether oxygens (including phenoxy) is 1. The summed E-state index contributed by atoms with van der Waals surface area (Å²) in [5.74, 6) is -0.883. The summed E-state index contributed by atoms with van der Waals surface area (Å²) in [6.45, 7) is 13.6. The number of nitrogens with zero attached hydrogens (tertiary/aromatic N) is 1. The lowest BCUT2D eigenvalue weighted by Crippen LogP contribution is -2.55. The highest BCUT2D eigenvalue weighted by Crippen LogP contribution is 2.30. The Bertz CT molecular complexity index is 1100. The van der Waals surface area contributed by atoms with Gasteiger partial charge in [0.15, 0.2) is 0 Å². The van der Waals surface area contributed by atoms with E-state index in [1.54, 1.807) is 31.7 Å². The highest BCUT2D eigenvalue weighted by atomic mass is 35.5. The van der Waals surface area contributed by atoms with Crippen LogP contribution in [0.1, 0.15) is 90.8 Å². The van der Waals surface area contributed by atoms with Crippen molar-refractivity contribution in [3.05, 3.63) is 64.7 Å². The van der Waals surface area contributed by atoms with E-state index in [9.17, 15) is 14.4 Å². The second kappa shape index (κ2) is 15.7. The fraction of sp³-hybridized carbons (Fsp3) is 0.531. The number of benzene rings is 2. The molecular formula is C32H46ClN3O4. The summed E-state index contributed by atoms with van der Waals surface area (Å²) in [6, 6.07) is 12.9. The van der Waals surface area contributed by atoms with Crippen LogP contribution >= 0.6 is 11.6 Å². The molecule has 0 aliphatic heterocycles. The predicted octanol–water partition coefficient (Wildman–Crippen LogP) is 7.68. The summed E-state index contributed by atoms with van der Waals surface area (Å²) in [6.07, 6.45) is 3.69. The highest BCUT2D eigenvalue weighted by molar-refractivity contribution is 6.34. The second-order valence-electron chi connectivity index (χ2n) is 11.3. The number of nitrogens with one attached hydrogen (secondary N) is 2. The first kappa shape index (κ1) is 33.1. The minimum absolute atomic E-state index is 0.191. The molecule has 3 atom stereocenters. The van der Waals surface area contributed by atoms with Gasteiger partial charge in [0.2, 0.25) is 5.91 Å². The number of amides is 3. The van der Waals surface area contributed by atoms with E-state index >= 15 is 0 Å². The molecular weight excluding hydrogens is 526 g/mol. The van der Waals surface area contributed by atoms with Crippen molar-refractivity contribution in [2.75, 3.05) is 11.9 Å². The maximum atomic E-state index is 14.4. The van der Waals surface area contributed by atoms with Crippen molar-refractivity contribution in [2.24, 2.45) is 5.92 Å². The van der Waals surface area contributed by atoms with E-state index in [-0.39, 0.29) is 17.7 Å². The molecule has 0 aliphatic rings. The van der Waals surface area contributed by atoms with Crippen molar-refractivity contribution in [2.45, 2.75) is 98.3 Å². The first-order valence-corrected chi connectivity index (χ1v) is 14.7. The summed E-state index contributed by atoms with van der Waals surface area (Å²) in [5.41, 5.74) is 1.29. The standard InChI is InChI=1S/C32H46ClN3O4/c1-8-10-11-15-21-36(30(38)27(22(3)9-2)35-31(39)40-32(5,6)7)28(24-18-13-12-14-19-24)29(37)34-26-23(4)17-16-20-25(26)33/h12-14,16-20,22,27-28H,8-11,15,21H2,1-7H3,(H,34,37)(H,35,39). The minimum Gasteiger partial charge on any atom is -0.444 e. The van der Waals surface area contributed by atoms with Crippen molar-refractivity contribution >= 4 is 35.2 Å². The first-order valence-electron chi connectivity index (χ1n) is 14.3. The fourth-order valence-electron chi connectivity index (χ4n) is 4.46. The van der Waals surface area contributed by atoms with Gasteiger partial charge < -0.3 is 20.3 Å². The number of hydrogen-bond acceptors (Lipinski definition) is 4. The Hall–Kier alpha value is -3.06. The number of halogens is 1. The molecule has 3 unspecified atom stereocenters. The largest absolute Gasteiger partial charge is 0.444 e. The zero-order chi connectivity index (χ0) is 29.9. The topological polar surface area (TPSA) is 87.7 Å². The molecule has 3 amide bonds. The van der Waals surface area contributed by atoms with E-state index in [0.29, 0.717) is 29.2 Å². The van der Waals surface area contributed by atoms with E-state index in [1.165, 1.54) is 0 Å². The number of aryl methyl sites for hydroxylation is 1. The molecule has 40 heavy (non-hydrogen) atoms. The average Bonchev–Trinajstić information content (AvgIpc) is 2.90. The second-order valence-corrected chi connectivity index (χ2v) is 11.7. The van der Waals surface area contributed by atoms with Crippen LogP contribution in [-0.4, -0.2) is 41.0 Å². The van der Waals surface area contributed by atoms with Crippen molar-refractivity contribution < 1.29 is 19.1 Å². The summed E-state index contributed by atoms with van der Waals surface area (Å²) >= 11 is 6.45.